The lowest BCUT2D eigenvalue weighted by molar-refractivity contribution is -0.160. The van der Waals surface area contributed by atoms with E-state index < -0.39 is 29.4 Å². The molecule has 1 N–H and O–H groups in total. The molecule has 2 atom stereocenters. The summed E-state index contributed by atoms with van der Waals surface area (Å²) >= 11 is 0. The van der Waals surface area contributed by atoms with Crippen molar-refractivity contribution in [1.29, 1.82) is 0 Å². The SMILES string of the molecule is C[C@@H](OC(C)(C)C)[C@H](NOC(C)(C)C)C(=O)F. The maximum absolute atomic E-state index is 12.9. The number of rotatable bonds is 5. The van der Waals surface area contributed by atoms with E-state index in [1.165, 1.54) is 0 Å². The number of hydrogen-bond acceptors (Lipinski definition) is 4. The van der Waals surface area contributed by atoms with Gasteiger partial charge in [-0.2, -0.15) is 9.87 Å². The highest BCUT2D eigenvalue weighted by atomic mass is 19.1. The second-order valence-corrected chi connectivity index (χ2v) is 6.05. The number of hydrogen-bond donors (Lipinski definition) is 1. The van der Waals surface area contributed by atoms with Crippen LogP contribution in [0.25, 0.3) is 0 Å². The Balaban J connectivity index is 4.48. The highest BCUT2D eigenvalue weighted by Gasteiger charge is 2.30. The summed E-state index contributed by atoms with van der Waals surface area (Å²) in [5.74, 6) is 0. The monoisotopic (exact) mass is 249 g/mol. The molecule has 0 aromatic rings. The Morgan fingerprint density at radius 1 is 1.12 bits per heavy atom. The summed E-state index contributed by atoms with van der Waals surface area (Å²) in [4.78, 5) is 16.1. The molecule has 0 aliphatic rings. The third-order valence-corrected chi connectivity index (χ3v) is 1.75. The molecule has 0 saturated heterocycles. The molecule has 5 heteroatoms. The fraction of sp³-hybridized carbons (Fsp3) is 0.917. The summed E-state index contributed by atoms with van der Waals surface area (Å²) in [6.45, 7) is 12.6. The van der Waals surface area contributed by atoms with Gasteiger partial charge in [-0.05, 0) is 48.5 Å². The molecule has 0 rings (SSSR count). The lowest BCUT2D eigenvalue weighted by atomic mass is 10.1. The smallest absolute Gasteiger partial charge is 0.323 e. The highest BCUT2D eigenvalue weighted by Crippen LogP contribution is 2.15. The minimum Gasteiger partial charge on any atom is -0.371 e. The van der Waals surface area contributed by atoms with Gasteiger partial charge in [0.2, 0.25) is 0 Å². The minimum atomic E-state index is -1.49. The van der Waals surface area contributed by atoms with E-state index in [4.69, 9.17) is 9.57 Å². The van der Waals surface area contributed by atoms with Crippen LogP contribution in [0.4, 0.5) is 4.39 Å². The van der Waals surface area contributed by atoms with Crippen molar-refractivity contribution in [2.75, 3.05) is 0 Å². The van der Waals surface area contributed by atoms with E-state index in [0.717, 1.165) is 0 Å². The Morgan fingerprint density at radius 3 is 1.88 bits per heavy atom. The Morgan fingerprint density at radius 2 is 1.59 bits per heavy atom. The van der Waals surface area contributed by atoms with Gasteiger partial charge in [0.25, 0.3) is 0 Å². The molecule has 0 spiro atoms. The number of carbonyl (C=O) groups excluding carboxylic acids is 1. The van der Waals surface area contributed by atoms with Gasteiger partial charge in [-0.1, -0.05) is 0 Å². The van der Waals surface area contributed by atoms with Gasteiger partial charge in [-0.3, -0.25) is 9.63 Å². The lowest BCUT2D eigenvalue weighted by Crippen LogP contribution is -2.49. The van der Waals surface area contributed by atoms with Crippen molar-refractivity contribution in [3.8, 4) is 0 Å². The van der Waals surface area contributed by atoms with Crippen LogP contribution in [0.2, 0.25) is 0 Å². The molecule has 0 bridgehead atoms. The summed E-state index contributed by atoms with van der Waals surface area (Å²) in [7, 11) is 0. The minimum absolute atomic E-state index is 0.448. The van der Waals surface area contributed by atoms with Crippen LogP contribution in [0.5, 0.6) is 0 Å². The molecule has 0 saturated carbocycles. The van der Waals surface area contributed by atoms with Crippen LogP contribution in [0.3, 0.4) is 0 Å². The van der Waals surface area contributed by atoms with Crippen molar-refractivity contribution in [1.82, 2.24) is 5.48 Å². The number of hydroxylamine groups is 1. The summed E-state index contributed by atoms with van der Waals surface area (Å²) in [6.07, 6.45) is -0.616. The van der Waals surface area contributed by atoms with Gasteiger partial charge in [0.15, 0.2) is 0 Å². The number of ether oxygens (including phenoxy) is 1. The van der Waals surface area contributed by atoms with Gasteiger partial charge in [-0.25, -0.2) is 0 Å². The van der Waals surface area contributed by atoms with Crippen LogP contribution >= 0.6 is 0 Å². The second-order valence-electron chi connectivity index (χ2n) is 6.05. The molecular formula is C12H24FNO3. The van der Waals surface area contributed by atoms with Crippen LogP contribution < -0.4 is 5.48 Å². The molecule has 0 unspecified atom stereocenters. The molecule has 0 amide bonds. The first-order valence-electron chi connectivity index (χ1n) is 5.73. The fourth-order valence-corrected chi connectivity index (χ4v) is 1.19. The molecule has 0 aromatic carbocycles. The van der Waals surface area contributed by atoms with Gasteiger partial charge in [-0.15, -0.1) is 0 Å². The zero-order chi connectivity index (χ0) is 13.9. The molecule has 0 fully saturated rings. The quantitative estimate of drug-likeness (QED) is 0.600. The van der Waals surface area contributed by atoms with Gasteiger partial charge in [0, 0.05) is 0 Å². The predicted octanol–water partition coefficient (Wildman–Crippen LogP) is 2.37. The Labute approximate surface area is 103 Å². The average Bonchev–Trinajstić information content (AvgIpc) is 1.96. The van der Waals surface area contributed by atoms with Crippen LogP contribution in [-0.4, -0.2) is 29.4 Å². The molecule has 0 radical (unpaired) electrons. The summed E-state index contributed by atoms with van der Waals surface area (Å²) in [6, 6.07) is -2.61. The molecule has 0 aliphatic carbocycles. The van der Waals surface area contributed by atoms with Crippen LogP contribution in [0, 0.1) is 0 Å². The average molecular weight is 249 g/mol. The topological polar surface area (TPSA) is 47.6 Å². The first kappa shape index (κ1) is 16.5. The van der Waals surface area contributed by atoms with Gasteiger partial charge in [0.05, 0.1) is 17.3 Å². The molecular weight excluding hydrogens is 225 g/mol. The van der Waals surface area contributed by atoms with Crippen molar-refractivity contribution >= 4 is 6.04 Å². The van der Waals surface area contributed by atoms with Crippen molar-refractivity contribution in [2.24, 2.45) is 0 Å². The zero-order valence-corrected chi connectivity index (χ0v) is 11.8. The van der Waals surface area contributed by atoms with Gasteiger partial charge >= 0.3 is 6.04 Å². The van der Waals surface area contributed by atoms with E-state index in [2.05, 4.69) is 5.48 Å². The number of halogens is 1. The zero-order valence-electron chi connectivity index (χ0n) is 11.8. The first-order valence-corrected chi connectivity index (χ1v) is 5.73. The number of carbonyl (C=O) groups is 1. The van der Waals surface area contributed by atoms with Crippen molar-refractivity contribution in [3.63, 3.8) is 0 Å². The summed E-state index contributed by atoms with van der Waals surface area (Å²) in [5, 5.41) is 0. The molecule has 0 heterocycles. The van der Waals surface area contributed by atoms with E-state index in [0.29, 0.717) is 0 Å². The molecule has 17 heavy (non-hydrogen) atoms. The summed E-state index contributed by atoms with van der Waals surface area (Å²) < 4.78 is 18.4. The van der Waals surface area contributed by atoms with Crippen LogP contribution in [0.1, 0.15) is 48.5 Å². The molecule has 0 aromatic heterocycles. The van der Waals surface area contributed by atoms with E-state index in [-0.39, 0.29) is 0 Å². The van der Waals surface area contributed by atoms with E-state index in [9.17, 15) is 9.18 Å². The molecule has 0 aliphatic heterocycles. The fourth-order valence-electron chi connectivity index (χ4n) is 1.19. The summed E-state index contributed by atoms with van der Waals surface area (Å²) in [5.41, 5.74) is 1.48. The Bertz CT molecular complexity index is 255. The van der Waals surface area contributed by atoms with Crippen LogP contribution in [0.15, 0.2) is 0 Å². The maximum atomic E-state index is 12.9. The van der Waals surface area contributed by atoms with Crippen LogP contribution in [-0.2, 0) is 14.4 Å². The van der Waals surface area contributed by atoms with E-state index in [1.807, 2.05) is 20.8 Å². The van der Waals surface area contributed by atoms with Gasteiger partial charge < -0.3 is 4.74 Å². The third-order valence-electron chi connectivity index (χ3n) is 1.75. The third kappa shape index (κ3) is 8.24. The van der Waals surface area contributed by atoms with Crippen molar-refractivity contribution in [2.45, 2.75) is 71.8 Å². The van der Waals surface area contributed by atoms with Crippen molar-refractivity contribution < 1.29 is 18.8 Å². The highest BCUT2D eigenvalue weighted by molar-refractivity contribution is 5.74. The largest absolute Gasteiger partial charge is 0.371 e. The Hall–Kier alpha value is -0.520. The Kier molecular flexibility index (Phi) is 5.71. The first-order chi connectivity index (χ1) is 7.42. The standard InChI is InChI=1S/C12H24FNO3/c1-8(16-11(2,3)4)9(10(13)15)14-17-12(5,6)7/h8-9,14H,1-7H3/t8-,9+/m1/s1. The van der Waals surface area contributed by atoms with Crippen molar-refractivity contribution in [3.05, 3.63) is 0 Å². The number of nitrogens with one attached hydrogen (secondary N) is 1. The predicted molar refractivity (Wildman–Crippen MR) is 64.2 cm³/mol. The normalized spacial score (nSPS) is 16.7. The van der Waals surface area contributed by atoms with E-state index in [1.54, 1.807) is 27.7 Å². The molecule has 102 valence electrons. The van der Waals surface area contributed by atoms with E-state index >= 15 is 0 Å². The second kappa shape index (κ2) is 5.89. The maximum Gasteiger partial charge on any atom is 0.323 e. The van der Waals surface area contributed by atoms with Gasteiger partial charge in [0.1, 0.15) is 6.04 Å². The lowest BCUT2D eigenvalue weighted by Gasteiger charge is -2.30. The molecule has 4 nitrogen and oxygen atoms in total.